The smallest absolute Gasteiger partial charge is 0.263 e. The molecule has 1 saturated heterocycles. The maximum Gasteiger partial charge on any atom is 0.263 e. The minimum absolute atomic E-state index is 0.0278. The summed E-state index contributed by atoms with van der Waals surface area (Å²) in [4.78, 5) is 18.7. The van der Waals surface area contributed by atoms with Crippen LogP contribution >= 0.6 is 0 Å². The Morgan fingerprint density at radius 1 is 1.07 bits per heavy atom. The third-order valence-corrected chi connectivity index (χ3v) is 5.27. The molecular weight excluding hydrogens is 374 g/mol. The first-order valence-electron chi connectivity index (χ1n) is 9.83. The maximum absolute atomic E-state index is 14.3. The standard InChI is InChI=1S/C23H22F2N2O2/c1-15(23(28)27-12-3-2-4-13-27)29-16-8-9-17-18(10-11-26-21(17)14-16)22-19(24)6-5-7-20(22)25/h5-11,14-15H,2-4,12-13H2,1H3. The van der Waals surface area contributed by atoms with E-state index < -0.39 is 17.7 Å². The van der Waals surface area contributed by atoms with Gasteiger partial charge in [-0.3, -0.25) is 9.78 Å². The number of hydrogen-bond donors (Lipinski definition) is 0. The van der Waals surface area contributed by atoms with Crippen molar-refractivity contribution in [2.75, 3.05) is 13.1 Å². The van der Waals surface area contributed by atoms with Crippen LogP contribution in [0, 0.1) is 11.6 Å². The molecule has 2 heterocycles. The predicted octanol–water partition coefficient (Wildman–Crippen LogP) is 4.96. The Kier molecular flexibility index (Phi) is 5.43. The molecule has 0 saturated carbocycles. The number of halogens is 2. The van der Waals surface area contributed by atoms with Crippen molar-refractivity contribution in [3.8, 4) is 16.9 Å². The number of rotatable bonds is 4. The van der Waals surface area contributed by atoms with Gasteiger partial charge >= 0.3 is 0 Å². The first kappa shape index (κ1) is 19.3. The average molecular weight is 396 g/mol. The summed E-state index contributed by atoms with van der Waals surface area (Å²) in [5.74, 6) is -0.786. The Hall–Kier alpha value is -3.02. The van der Waals surface area contributed by atoms with E-state index in [0.717, 1.165) is 32.4 Å². The third kappa shape index (κ3) is 3.92. The van der Waals surface area contributed by atoms with E-state index in [1.165, 1.54) is 24.4 Å². The number of fused-ring (bicyclic) bond motifs is 1. The zero-order valence-electron chi connectivity index (χ0n) is 16.2. The number of carbonyl (C=O) groups excluding carboxylic acids is 1. The maximum atomic E-state index is 14.3. The van der Waals surface area contributed by atoms with Gasteiger partial charge in [0, 0.05) is 30.7 Å². The predicted molar refractivity (Wildman–Crippen MR) is 108 cm³/mol. The summed E-state index contributed by atoms with van der Waals surface area (Å²) in [6, 6.07) is 10.5. The molecule has 6 heteroatoms. The lowest BCUT2D eigenvalue weighted by Gasteiger charge is -2.29. The summed E-state index contributed by atoms with van der Waals surface area (Å²) in [5, 5.41) is 0.610. The largest absolute Gasteiger partial charge is 0.481 e. The van der Waals surface area contributed by atoms with Gasteiger partial charge in [-0.2, -0.15) is 0 Å². The van der Waals surface area contributed by atoms with Gasteiger partial charge in [0.05, 0.1) is 11.1 Å². The van der Waals surface area contributed by atoms with Gasteiger partial charge in [-0.05, 0) is 62.1 Å². The van der Waals surface area contributed by atoms with E-state index in [0.29, 0.717) is 22.2 Å². The van der Waals surface area contributed by atoms with Crippen molar-refractivity contribution in [1.82, 2.24) is 9.88 Å². The summed E-state index contributed by atoms with van der Waals surface area (Å²) in [7, 11) is 0. The lowest BCUT2D eigenvalue weighted by Crippen LogP contribution is -2.43. The fraction of sp³-hybridized carbons (Fsp3) is 0.304. The van der Waals surface area contributed by atoms with Gasteiger partial charge in [0.15, 0.2) is 6.10 Å². The number of aromatic nitrogens is 1. The molecule has 0 N–H and O–H groups in total. The lowest BCUT2D eigenvalue weighted by atomic mass is 10.0. The van der Waals surface area contributed by atoms with Crippen molar-refractivity contribution in [2.24, 2.45) is 0 Å². The first-order chi connectivity index (χ1) is 14.0. The number of carbonyl (C=O) groups is 1. The monoisotopic (exact) mass is 396 g/mol. The molecule has 1 atom stereocenters. The molecule has 1 unspecified atom stereocenters. The van der Waals surface area contributed by atoms with Crippen LogP contribution in [0.3, 0.4) is 0 Å². The Bertz CT molecular complexity index is 1030. The number of benzene rings is 2. The van der Waals surface area contributed by atoms with Crippen LogP contribution in [0.25, 0.3) is 22.0 Å². The number of ether oxygens (including phenoxy) is 1. The lowest BCUT2D eigenvalue weighted by molar-refractivity contribution is -0.138. The highest BCUT2D eigenvalue weighted by Crippen LogP contribution is 2.33. The van der Waals surface area contributed by atoms with Crippen molar-refractivity contribution < 1.29 is 18.3 Å². The zero-order chi connectivity index (χ0) is 20.4. The molecule has 0 radical (unpaired) electrons. The summed E-state index contributed by atoms with van der Waals surface area (Å²) >= 11 is 0. The van der Waals surface area contributed by atoms with E-state index in [4.69, 9.17) is 4.74 Å². The van der Waals surface area contributed by atoms with Crippen LogP contribution in [-0.4, -0.2) is 35.0 Å². The van der Waals surface area contributed by atoms with Crippen molar-refractivity contribution >= 4 is 16.8 Å². The Morgan fingerprint density at radius 3 is 2.52 bits per heavy atom. The molecular formula is C23H22F2N2O2. The molecule has 0 aliphatic carbocycles. The number of amides is 1. The first-order valence-corrected chi connectivity index (χ1v) is 9.83. The summed E-state index contributed by atoms with van der Waals surface area (Å²) in [6.45, 7) is 3.27. The molecule has 29 heavy (non-hydrogen) atoms. The normalized spacial score (nSPS) is 15.3. The number of hydrogen-bond acceptors (Lipinski definition) is 3. The van der Waals surface area contributed by atoms with Gasteiger partial charge in [0.1, 0.15) is 17.4 Å². The zero-order valence-corrected chi connectivity index (χ0v) is 16.2. The second-order valence-corrected chi connectivity index (χ2v) is 7.28. The van der Waals surface area contributed by atoms with Crippen LogP contribution in [0.2, 0.25) is 0 Å². The molecule has 4 rings (SSSR count). The fourth-order valence-electron chi connectivity index (χ4n) is 3.80. The third-order valence-electron chi connectivity index (χ3n) is 5.27. The molecule has 1 fully saturated rings. The number of nitrogens with zero attached hydrogens (tertiary/aromatic N) is 2. The Morgan fingerprint density at radius 2 is 1.79 bits per heavy atom. The topological polar surface area (TPSA) is 42.4 Å². The second kappa shape index (κ2) is 8.15. The van der Waals surface area contributed by atoms with E-state index in [2.05, 4.69) is 4.98 Å². The molecule has 1 aromatic heterocycles. The Balaban J connectivity index is 1.61. The van der Waals surface area contributed by atoms with E-state index in [9.17, 15) is 13.6 Å². The molecule has 0 bridgehead atoms. The van der Waals surface area contributed by atoms with Crippen LogP contribution in [0.15, 0.2) is 48.7 Å². The molecule has 1 aliphatic rings. The number of piperidine rings is 1. The van der Waals surface area contributed by atoms with Gasteiger partial charge in [-0.25, -0.2) is 8.78 Å². The van der Waals surface area contributed by atoms with Crippen LogP contribution < -0.4 is 4.74 Å². The molecule has 1 aliphatic heterocycles. The van der Waals surface area contributed by atoms with Crippen molar-refractivity contribution in [2.45, 2.75) is 32.3 Å². The molecule has 1 amide bonds. The molecule has 2 aromatic carbocycles. The number of pyridine rings is 1. The fourth-order valence-corrected chi connectivity index (χ4v) is 3.80. The van der Waals surface area contributed by atoms with Crippen molar-refractivity contribution in [1.29, 1.82) is 0 Å². The average Bonchev–Trinajstić information content (AvgIpc) is 2.73. The highest BCUT2D eigenvalue weighted by Gasteiger charge is 2.23. The SMILES string of the molecule is CC(Oc1ccc2c(-c3c(F)cccc3F)ccnc2c1)C(=O)N1CCCCC1. The van der Waals surface area contributed by atoms with E-state index in [-0.39, 0.29) is 11.5 Å². The van der Waals surface area contributed by atoms with Gasteiger partial charge in [0.25, 0.3) is 5.91 Å². The van der Waals surface area contributed by atoms with Crippen LogP contribution in [-0.2, 0) is 4.79 Å². The summed E-state index contributed by atoms with van der Waals surface area (Å²) < 4.78 is 34.4. The van der Waals surface area contributed by atoms with Crippen molar-refractivity contribution in [3.05, 3.63) is 60.3 Å². The van der Waals surface area contributed by atoms with E-state index in [1.54, 1.807) is 31.2 Å². The molecule has 3 aromatic rings. The van der Waals surface area contributed by atoms with Gasteiger partial charge < -0.3 is 9.64 Å². The molecule has 0 spiro atoms. The summed E-state index contributed by atoms with van der Waals surface area (Å²) in [5.41, 5.74) is 0.886. The van der Waals surface area contributed by atoms with Gasteiger partial charge in [-0.15, -0.1) is 0 Å². The van der Waals surface area contributed by atoms with Crippen LogP contribution in [0.1, 0.15) is 26.2 Å². The highest BCUT2D eigenvalue weighted by molar-refractivity contribution is 5.95. The molecule has 4 nitrogen and oxygen atoms in total. The minimum atomic E-state index is -0.626. The van der Waals surface area contributed by atoms with E-state index >= 15 is 0 Å². The van der Waals surface area contributed by atoms with E-state index in [1.807, 2.05) is 4.90 Å². The summed E-state index contributed by atoms with van der Waals surface area (Å²) in [6.07, 6.45) is 4.09. The minimum Gasteiger partial charge on any atom is -0.481 e. The quantitative estimate of drug-likeness (QED) is 0.626. The van der Waals surface area contributed by atoms with Crippen LogP contribution in [0.4, 0.5) is 8.78 Å². The highest BCUT2D eigenvalue weighted by atomic mass is 19.1. The Labute approximate surface area is 168 Å². The van der Waals surface area contributed by atoms with Crippen LogP contribution in [0.5, 0.6) is 5.75 Å². The number of likely N-dealkylation sites (tertiary alicyclic amines) is 1. The molecule has 150 valence electrons. The van der Waals surface area contributed by atoms with Gasteiger partial charge in [-0.1, -0.05) is 6.07 Å². The second-order valence-electron chi connectivity index (χ2n) is 7.28. The van der Waals surface area contributed by atoms with Crippen molar-refractivity contribution in [3.63, 3.8) is 0 Å². The van der Waals surface area contributed by atoms with Gasteiger partial charge in [0.2, 0.25) is 0 Å².